The van der Waals surface area contributed by atoms with E-state index in [1.165, 1.54) is 25.7 Å². The maximum Gasteiger partial charge on any atom is 0.221 e. The molecule has 1 aliphatic carbocycles. The molecule has 0 aromatic carbocycles. The summed E-state index contributed by atoms with van der Waals surface area (Å²) in [7, 11) is 1.64. The van der Waals surface area contributed by atoms with Crippen molar-refractivity contribution in [2.45, 2.75) is 32.6 Å². The third-order valence-corrected chi connectivity index (χ3v) is 3.26. The van der Waals surface area contributed by atoms with Gasteiger partial charge in [0.2, 0.25) is 5.88 Å². The second-order valence-corrected chi connectivity index (χ2v) is 4.39. The van der Waals surface area contributed by atoms with Gasteiger partial charge >= 0.3 is 0 Å². The summed E-state index contributed by atoms with van der Waals surface area (Å²) in [4.78, 5) is 8.31. The van der Waals surface area contributed by atoms with Crippen molar-refractivity contribution in [3.8, 4) is 5.88 Å². The minimum atomic E-state index is 0.656. The van der Waals surface area contributed by atoms with Crippen LogP contribution in [-0.4, -0.2) is 23.6 Å². The number of rotatable bonds is 4. The minimum absolute atomic E-state index is 0.656. The monoisotopic (exact) mass is 221 g/mol. The van der Waals surface area contributed by atoms with E-state index >= 15 is 0 Å². The predicted octanol–water partition coefficient (Wildman–Crippen LogP) is 2.40. The first-order valence-corrected chi connectivity index (χ1v) is 5.90. The zero-order chi connectivity index (χ0) is 11.4. The van der Waals surface area contributed by atoms with Crippen LogP contribution >= 0.6 is 0 Å². The van der Waals surface area contributed by atoms with Crippen molar-refractivity contribution < 1.29 is 4.74 Å². The Balaban J connectivity index is 1.97. The molecule has 4 heteroatoms. The molecule has 0 spiro atoms. The van der Waals surface area contributed by atoms with E-state index in [1.807, 2.05) is 6.92 Å². The normalized spacial score (nSPS) is 16.4. The highest BCUT2D eigenvalue weighted by Crippen LogP contribution is 2.26. The third-order valence-electron chi connectivity index (χ3n) is 3.26. The van der Waals surface area contributed by atoms with Gasteiger partial charge in [-0.3, -0.25) is 0 Å². The number of hydrogen-bond donors (Lipinski definition) is 1. The van der Waals surface area contributed by atoms with Crippen LogP contribution < -0.4 is 10.1 Å². The van der Waals surface area contributed by atoms with Gasteiger partial charge < -0.3 is 10.1 Å². The molecule has 16 heavy (non-hydrogen) atoms. The molecule has 0 unspecified atom stereocenters. The van der Waals surface area contributed by atoms with E-state index in [0.29, 0.717) is 5.88 Å². The van der Waals surface area contributed by atoms with Gasteiger partial charge in [-0.15, -0.1) is 0 Å². The fourth-order valence-corrected chi connectivity index (χ4v) is 2.27. The first kappa shape index (κ1) is 11.2. The molecule has 1 fully saturated rings. The lowest BCUT2D eigenvalue weighted by atomic mass is 10.1. The smallest absolute Gasteiger partial charge is 0.221 e. The maximum atomic E-state index is 5.17. The summed E-state index contributed by atoms with van der Waals surface area (Å²) in [6.45, 7) is 3.00. The summed E-state index contributed by atoms with van der Waals surface area (Å²) in [5, 5.41) is 3.40. The van der Waals surface area contributed by atoms with Crippen LogP contribution in [0.1, 0.15) is 31.2 Å². The van der Waals surface area contributed by atoms with E-state index in [1.54, 1.807) is 13.4 Å². The SMILES string of the molecule is COc1ncnc(NCC2CCCC2)c1C. The van der Waals surface area contributed by atoms with E-state index in [0.717, 1.165) is 23.8 Å². The van der Waals surface area contributed by atoms with Crippen LogP contribution in [0.25, 0.3) is 0 Å². The molecular formula is C12H19N3O. The number of methoxy groups -OCH3 is 1. The Hall–Kier alpha value is -1.32. The minimum Gasteiger partial charge on any atom is -0.481 e. The molecule has 88 valence electrons. The highest BCUT2D eigenvalue weighted by atomic mass is 16.5. The predicted molar refractivity (Wildman–Crippen MR) is 63.8 cm³/mol. The topological polar surface area (TPSA) is 47.0 Å². The standard InChI is InChI=1S/C12H19N3O/c1-9-11(14-8-15-12(9)16-2)13-7-10-5-3-4-6-10/h8,10H,3-7H2,1-2H3,(H,13,14,15). The fraction of sp³-hybridized carbons (Fsp3) is 0.667. The zero-order valence-corrected chi connectivity index (χ0v) is 9.99. The highest BCUT2D eigenvalue weighted by molar-refractivity contribution is 5.47. The summed E-state index contributed by atoms with van der Waals surface area (Å²) in [5.74, 6) is 2.36. The van der Waals surface area contributed by atoms with Crippen LogP contribution in [0.5, 0.6) is 5.88 Å². The number of hydrogen-bond acceptors (Lipinski definition) is 4. The molecule has 1 aliphatic rings. The highest BCUT2D eigenvalue weighted by Gasteiger charge is 2.15. The first-order chi connectivity index (χ1) is 7.81. The lowest BCUT2D eigenvalue weighted by Gasteiger charge is -2.13. The van der Waals surface area contributed by atoms with Crippen molar-refractivity contribution in [2.24, 2.45) is 5.92 Å². The van der Waals surface area contributed by atoms with Gasteiger partial charge in [0.1, 0.15) is 12.1 Å². The first-order valence-electron chi connectivity index (χ1n) is 5.90. The van der Waals surface area contributed by atoms with E-state index in [4.69, 9.17) is 4.74 Å². The molecule has 0 amide bonds. The van der Waals surface area contributed by atoms with Gasteiger partial charge in [-0.2, -0.15) is 0 Å². The molecule has 0 atom stereocenters. The Morgan fingerprint density at radius 3 is 2.81 bits per heavy atom. The Morgan fingerprint density at radius 1 is 1.38 bits per heavy atom. The molecule has 1 N–H and O–H groups in total. The number of aromatic nitrogens is 2. The largest absolute Gasteiger partial charge is 0.481 e. The summed E-state index contributed by atoms with van der Waals surface area (Å²) in [6.07, 6.45) is 6.97. The maximum absolute atomic E-state index is 5.17. The molecular weight excluding hydrogens is 202 g/mol. The van der Waals surface area contributed by atoms with Crippen molar-refractivity contribution in [3.63, 3.8) is 0 Å². The third kappa shape index (κ3) is 2.43. The molecule has 0 radical (unpaired) electrons. The second-order valence-electron chi connectivity index (χ2n) is 4.39. The average Bonchev–Trinajstić information content (AvgIpc) is 2.81. The molecule has 4 nitrogen and oxygen atoms in total. The molecule has 1 heterocycles. The van der Waals surface area contributed by atoms with Gasteiger partial charge in [-0.25, -0.2) is 9.97 Å². The quantitative estimate of drug-likeness (QED) is 0.848. The van der Waals surface area contributed by atoms with Crippen LogP contribution in [0.15, 0.2) is 6.33 Å². The van der Waals surface area contributed by atoms with Crippen LogP contribution in [0.4, 0.5) is 5.82 Å². The van der Waals surface area contributed by atoms with Gasteiger partial charge in [-0.05, 0) is 25.7 Å². The van der Waals surface area contributed by atoms with Crippen molar-refractivity contribution >= 4 is 5.82 Å². The molecule has 1 aromatic rings. The number of ether oxygens (including phenoxy) is 1. The average molecular weight is 221 g/mol. The van der Waals surface area contributed by atoms with Crippen molar-refractivity contribution in [1.82, 2.24) is 9.97 Å². The zero-order valence-electron chi connectivity index (χ0n) is 9.99. The molecule has 0 aliphatic heterocycles. The molecule has 0 saturated heterocycles. The number of nitrogens with zero attached hydrogens (tertiary/aromatic N) is 2. The van der Waals surface area contributed by atoms with Gasteiger partial charge in [0, 0.05) is 6.54 Å². The Labute approximate surface area is 96.4 Å². The number of anilines is 1. The molecule has 1 aromatic heterocycles. The molecule has 0 bridgehead atoms. The summed E-state index contributed by atoms with van der Waals surface area (Å²) in [6, 6.07) is 0. The summed E-state index contributed by atoms with van der Waals surface area (Å²) in [5.41, 5.74) is 0.989. The Morgan fingerprint density at radius 2 is 2.12 bits per heavy atom. The van der Waals surface area contributed by atoms with E-state index in [-0.39, 0.29) is 0 Å². The van der Waals surface area contributed by atoms with Gasteiger partial charge in [0.25, 0.3) is 0 Å². The molecule has 2 rings (SSSR count). The van der Waals surface area contributed by atoms with E-state index in [2.05, 4.69) is 15.3 Å². The summed E-state index contributed by atoms with van der Waals surface area (Å²) >= 11 is 0. The Kier molecular flexibility index (Phi) is 3.59. The lowest BCUT2D eigenvalue weighted by Crippen LogP contribution is -2.13. The van der Waals surface area contributed by atoms with Crippen LogP contribution in [0.3, 0.4) is 0 Å². The van der Waals surface area contributed by atoms with Crippen molar-refractivity contribution in [2.75, 3.05) is 19.0 Å². The van der Waals surface area contributed by atoms with Gasteiger partial charge in [-0.1, -0.05) is 12.8 Å². The van der Waals surface area contributed by atoms with Gasteiger partial charge in [0.15, 0.2) is 0 Å². The van der Waals surface area contributed by atoms with E-state index in [9.17, 15) is 0 Å². The van der Waals surface area contributed by atoms with Gasteiger partial charge in [0.05, 0.1) is 12.7 Å². The summed E-state index contributed by atoms with van der Waals surface area (Å²) < 4.78 is 5.17. The second kappa shape index (κ2) is 5.14. The van der Waals surface area contributed by atoms with Crippen LogP contribution in [0, 0.1) is 12.8 Å². The number of nitrogens with one attached hydrogen (secondary N) is 1. The Bertz CT molecular complexity index is 348. The van der Waals surface area contributed by atoms with Crippen molar-refractivity contribution in [1.29, 1.82) is 0 Å². The molecule has 1 saturated carbocycles. The lowest BCUT2D eigenvalue weighted by molar-refractivity contribution is 0.393. The van der Waals surface area contributed by atoms with E-state index < -0.39 is 0 Å². The van der Waals surface area contributed by atoms with Crippen LogP contribution in [-0.2, 0) is 0 Å². The van der Waals surface area contributed by atoms with Crippen molar-refractivity contribution in [3.05, 3.63) is 11.9 Å². The fourth-order valence-electron chi connectivity index (χ4n) is 2.27. The van der Waals surface area contributed by atoms with Crippen LogP contribution in [0.2, 0.25) is 0 Å².